The molecule has 0 amide bonds. The predicted octanol–water partition coefficient (Wildman–Crippen LogP) is 5.53. The van der Waals surface area contributed by atoms with E-state index in [1.165, 1.54) is 5.56 Å². The number of hydrogen-bond acceptors (Lipinski definition) is 3. The summed E-state index contributed by atoms with van der Waals surface area (Å²) in [6.45, 7) is 4.24. The fourth-order valence-corrected chi connectivity index (χ4v) is 4.01. The molecule has 1 aliphatic rings. The van der Waals surface area contributed by atoms with Crippen LogP contribution < -0.4 is 5.32 Å². The van der Waals surface area contributed by atoms with E-state index >= 15 is 0 Å². The van der Waals surface area contributed by atoms with E-state index in [2.05, 4.69) is 84.8 Å². The number of H-pyrrole nitrogens is 1. The van der Waals surface area contributed by atoms with Gasteiger partial charge in [0.2, 0.25) is 0 Å². The smallest absolute Gasteiger partial charge is 0.138 e. The molecule has 0 radical (unpaired) electrons. The van der Waals surface area contributed by atoms with Crippen LogP contribution in [0.25, 0.3) is 22.6 Å². The van der Waals surface area contributed by atoms with Gasteiger partial charge in [-0.1, -0.05) is 84.9 Å². The highest BCUT2D eigenvalue weighted by atomic mass is 15.1. The lowest BCUT2D eigenvalue weighted by Crippen LogP contribution is -2.29. The number of benzene rings is 3. The van der Waals surface area contributed by atoms with Crippen molar-refractivity contribution in [1.82, 2.24) is 15.3 Å². The van der Waals surface area contributed by atoms with Gasteiger partial charge >= 0.3 is 0 Å². The highest BCUT2D eigenvalue weighted by Gasteiger charge is 2.26. The first-order valence-electron chi connectivity index (χ1n) is 10.3. The van der Waals surface area contributed by atoms with Gasteiger partial charge in [0.1, 0.15) is 11.7 Å². The summed E-state index contributed by atoms with van der Waals surface area (Å²) < 4.78 is 0. The van der Waals surface area contributed by atoms with Crippen LogP contribution in [0.15, 0.2) is 89.9 Å². The molecule has 0 fully saturated rings. The Hall–Kier alpha value is -3.66. The topological polar surface area (TPSA) is 53.1 Å². The third-order valence-electron chi connectivity index (χ3n) is 5.61. The molecule has 0 saturated heterocycles. The lowest BCUT2D eigenvalue weighted by atomic mass is 10.0. The minimum absolute atomic E-state index is 0.141. The highest BCUT2D eigenvalue weighted by Crippen LogP contribution is 2.28. The van der Waals surface area contributed by atoms with E-state index in [9.17, 15) is 0 Å². The maximum atomic E-state index is 4.95. The maximum Gasteiger partial charge on any atom is 0.138 e. The number of aromatic nitrogens is 2. The maximum absolute atomic E-state index is 4.95. The fraction of sp³-hybridized carbons (Fsp3) is 0.154. The zero-order chi connectivity index (χ0) is 20.5. The van der Waals surface area contributed by atoms with Gasteiger partial charge in [0.25, 0.3) is 0 Å². The van der Waals surface area contributed by atoms with E-state index in [0.29, 0.717) is 0 Å². The Balaban J connectivity index is 1.40. The molecule has 148 valence electrons. The molecule has 2 heterocycles. The molecule has 1 aliphatic heterocycles. The summed E-state index contributed by atoms with van der Waals surface area (Å²) in [6.07, 6.45) is 0. The molecule has 4 heteroatoms. The van der Waals surface area contributed by atoms with Crippen molar-refractivity contribution in [3.8, 4) is 22.6 Å². The number of hydrogen-bond donors (Lipinski definition) is 2. The highest BCUT2D eigenvalue weighted by molar-refractivity contribution is 6.00. The Labute approximate surface area is 176 Å². The van der Waals surface area contributed by atoms with Crippen LogP contribution in [-0.2, 0) is 0 Å². The molecule has 4 aromatic rings. The van der Waals surface area contributed by atoms with Crippen LogP contribution in [0.1, 0.15) is 29.8 Å². The van der Waals surface area contributed by atoms with Gasteiger partial charge < -0.3 is 10.3 Å². The first-order chi connectivity index (χ1) is 14.7. The molecule has 1 aromatic heterocycles. The molecule has 5 rings (SSSR count). The summed E-state index contributed by atoms with van der Waals surface area (Å²) in [5.41, 5.74) is 6.59. The zero-order valence-electron chi connectivity index (χ0n) is 17.1. The van der Waals surface area contributed by atoms with E-state index in [4.69, 9.17) is 9.98 Å². The van der Waals surface area contributed by atoms with Crippen LogP contribution in [-0.4, -0.2) is 21.8 Å². The van der Waals surface area contributed by atoms with E-state index in [-0.39, 0.29) is 12.1 Å². The lowest BCUT2D eigenvalue weighted by molar-refractivity contribution is 0.588. The standard InChI is InChI=1S/C26H24N4/c1-17-23(19-9-5-3-6-10-19)29-25(27-17)21-13-15-22(16-14-21)26-28-18(2)24(30-26)20-11-7-4-8-12-20/h3-17,23H,1-2H3,(H,27,29)(H,28,30). The Morgan fingerprint density at radius 2 is 1.37 bits per heavy atom. The first-order valence-corrected chi connectivity index (χ1v) is 10.3. The van der Waals surface area contributed by atoms with E-state index in [1.54, 1.807) is 0 Å². The number of aliphatic imine (C=N–C) groups is 1. The van der Waals surface area contributed by atoms with Crippen molar-refractivity contribution in [1.29, 1.82) is 0 Å². The molecular formula is C26H24N4. The SMILES string of the molecule is Cc1[nH]c(-c2ccc(C3=NC(c4ccccc4)C(C)N3)cc2)nc1-c1ccccc1. The first kappa shape index (κ1) is 18.4. The lowest BCUT2D eigenvalue weighted by Gasteiger charge is -2.13. The zero-order valence-corrected chi connectivity index (χ0v) is 17.1. The molecule has 2 N–H and O–H groups in total. The molecule has 30 heavy (non-hydrogen) atoms. The average molecular weight is 393 g/mol. The van der Waals surface area contributed by atoms with Gasteiger partial charge in [0.15, 0.2) is 0 Å². The summed E-state index contributed by atoms with van der Waals surface area (Å²) >= 11 is 0. The largest absolute Gasteiger partial charge is 0.365 e. The summed E-state index contributed by atoms with van der Waals surface area (Å²) in [5.74, 6) is 1.83. The number of amidine groups is 1. The number of nitrogens with zero attached hydrogens (tertiary/aromatic N) is 2. The summed E-state index contributed by atoms with van der Waals surface area (Å²) in [5, 5.41) is 3.54. The van der Waals surface area contributed by atoms with Gasteiger partial charge in [-0.3, -0.25) is 4.99 Å². The summed E-state index contributed by atoms with van der Waals surface area (Å²) in [6, 6.07) is 29.6. The Morgan fingerprint density at radius 1 is 0.733 bits per heavy atom. The number of imidazole rings is 1. The predicted molar refractivity (Wildman–Crippen MR) is 123 cm³/mol. The fourth-order valence-electron chi connectivity index (χ4n) is 4.01. The molecule has 2 unspecified atom stereocenters. The van der Waals surface area contributed by atoms with E-state index in [0.717, 1.165) is 39.7 Å². The van der Waals surface area contributed by atoms with Crippen LogP contribution in [0.2, 0.25) is 0 Å². The van der Waals surface area contributed by atoms with Crippen molar-refractivity contribution in [3.05, 3.63) is 102 Å². The Kier molecular flexibility index (Phi) is 4.68. The van der Waals surface area contributed by atoms with Crippen LogP contribution >= 0.6 is 0 Å². The minimum atomic E-state index is 0.141. The van der Waals surface area contributed by atoms with Crippen LogP contribution in [0.4, 0.5) is 0 Å². The average Bonchev–Trinajstić information content (AvgIpc) is 3.38. The molecule has 0 aliphatic carbocycles. The van der Waals surface area contributed by atoms with Crippen molar-refractivity contribution < 1.29 is 0 Å². The molecule has 0 saturated carbocycles. The molecule has 3 aromatic carbocycles. The van der Waals surface area contributed by atoms with E-state index < -0.39 is 0 Å². The summed E-state index contributed by atoms with van der Waals surface area (Å²) in [4.78, 5) is 13.2. The second kappa shape index (κ2) is 7.64. The number of aryl methyl sites for hydroxylation is 1. The van der Waals surface area contributed by atoms with Gasteiger partial charge in [-0.05, 0) is 19.4 Å². The third-order valence-corrected chi connectivity index (χ3v) is 5.61. The second-order valence-electron chi connectivity index (χ2n) is 7.77. The Bertz CT molecular complexity index is 1170. The molecule has 0 bridgehead atoms. The quantitative estimate of drug-likeness (QED) is 0.480. The van der Waals surface area contributed by atoms with Crippen LogP contribution in [0.5, 0.6) is 0 Å². The second-order valence-corrected chi connectivity index (χ2v) is 7.77. The van der Waals surface area contributed by atoms with Gasteiger partial charge in [-0.15, -0.1) is 0 Å². The molecule has 2 atom stereocenters. The minimum Gasteiger partial charge on any atom is -0.365 e. The van der Waals surface area contributed by atoms with Crippen molar-refractivity contribution in [2.45, 2.75) is 25.9 Å². The molecule has 0 spiro atoms. The summed E-state index contributed by atoms with van der Waals surface area (Å²) in [7, 11) is 0. The van der Waals surface area contributed by atoms with Crippen molar-refractivity contribution in [3.63, 3.8) is 0 Å². The number of aromatic amines is 1. The van der Waals surface area contributed by atoms with Crippen molar-refractivity contribution in [2.75, 3.05) is 0 Å². The molecule has 4 nitrogen and oxygen atoms in total. The molecular weight excluding hydrogens is 368 g/mol. The van der Waals surface area contributed by atoms with Gasteiger partial charge in [-0.25, -0.2) is 4.98 Å². The Morgan fingerprint density at radius 3 is 2.07 bits per heavy atom. The van der Waals surface area contributed by atoms with Gasteiger partial charge in [0.05, 0.1) is 17.8 Å². The van der Waals surface area contributed by atoms with Crippen molar-refractivity contribution in [2.24, 2.45) is 4.99 Å². The van der Waals surface area contributed by atoms with Gasteiger partial charge in [0, 0.05) is 22.4 Å². The van der Waals surface area contributed by atoms with E-state index in [1.807, 2.05) is 24.3 Å². The van der Waals surface area contributed by atoms with Gasteiger partial charge in [-0.2, -0.15) is 0 Å². The third kappa shape index (κ3) is 3.41. The van der Waals surface area contributed by atoms with Crippen LogP contribution in [0.3, 0.4) is 0 Å². The number of rotatable bonds is 4. The van der Waals surface area contributed by atoms with Crippen molar-refractivity contribution >= 4 is 5.84 Å². The number of nitrogens with one attached hydrogen (secondary N) is 2. The normalized spacial score (nSPS) is 18.1. The monoisotopic (exact) mass is 392 g/mol. The van der Waals surface area contributed by atoms with Crippen LogP contribution in [0, 0.1) is 6.92 Å².